The van der Waals surface area contributed by atoms with Gasteiger partial charge in [-0.2, -0.15) is 0 Å². The number of rotatable bonds is 7. The molecule has 1 amide bonds. The van der Waals surface area contributed by atoms with Gasteiger partial charge in [-0.1, -0.05) is 25.5 Å². The van der Waals surface area contributed by atoms with Crippen molar-refractivity contribution in [3.8, 4) is 5.75 Å². The van der Waals surface area contributed by atoms with Crippen molar-refractivity contribution < 1.29 is 9.53 Å². The number of methoxy groups -OCH3 is 1. The van der Waals surface area contributed by atoms with Crippen molar-refractivity contribution in [3.63, 3.8) is 0 Å². The molecule has 1 aromatic rings. The van der Waals surface area contributed by atoms with Crippen LogP contribution in [0.5, 0.6) is 5.75 Å². The normalized spacial score (nSPS) is 12.0. The highest BCUT2D eigenvalue weighted by Crippen LogP contribution is 2.19. The fourth-order valence-corrected chi connectivity index (χ4v) is 2.21. The Morgan fingerprint density at radius 1 is 1.42 bits per heavy atom. The predicted molar refractivity (Wildman–Crippen MR) is 78.6 cm³/mol. The summed E-state index contributed by atoms with van der Waals surface area (Å²) < 4.78 is 5.23. The second-order valence-electron chi connectivity index (χ2n) is 5.06. The molecule has 0 saturated heterocycles. The van der Waals surface area contributed by atoms with Crippen LogP contribution in [0.1, 0.15) is 44.2 Å². The second-order valence-corrected chi connectivity index (χ2v) is 5.06. The molecular formula is C16H25NO2. The monoisotopic (exact) mass is 263 g/mol. The van der Waals surface area contributed by atoms with Gasteiger partial charge in [-0.15, -0.1) is 0 Å². The first kappa shape index (κ1) is 15.5. The minimum atomic E-state index is 0.134. The van der Waals surface area contributed by atoms with Gasteiger partial charge in [0.05, 0.1) is 7.11 Å². The molecule has 0 aliphatic rings. The number of nitrogens with one attached hydrogen (secondary N) is 1. The summed E-state index contributed by atoms with van der Waals surface area (Å²) >= 11 is 0. The summed E-state index contributed by atoms with van der Waals surface area (Å²) in [5.41, 5.74) is 2.29. The van der Waals surface area contributed by atoms with Crippen LogP contribution in [0, 0.1) is 6.92 Å². The van der Waals surface area contributed by atoms with Gasteiger partial charge in [0, 0.05) is 12.5 Å². The summed E-state index contributed by atoms with van der Waals surface area (Å²) in [5.74, 6) is 1.03. The zero-order valence-electron chi connectivity index (χ0n) is 12.5. The van der Waals surface area contributed by atoms with Crippen LogP contribution in [0.4, 0.5) is 0 Å². The maximum atomic E-state index is 11.8. The zero-order valence-corrected chi connectivity index (χ0v) is 12.5. The third kappa shape index (κ3) is 5.33. The molecule has 0 spiro atoms. The highest BCUT2D eigenvalue weighted by Gasteiger charge is 2.07. The first-order valence-electron chi connectivity index (χ1n) is 6.99. The third-order valence-corrected chi connectivity index (χ3v) is 3.23. The van der Waals surface area contributed by atoms with E-state index in [1.165, 1.54) is 5.56 Å². The van der Waals surface area contributed by atoms with Crippen molar-refractivity contribution in [3.05, 3.63) is 29.3 Å². The number of ether oxygens (including phenoxy) is 1. The summed E-state index contributed by atoms with van der Waals surface area (Å²) in [7, 11) is 1.67. The van der Waals surface area contributed by atoms with Gasteiger partial charge in [0.15, 0.2) is 0 Å². The van der Waals surface area contributed by atoms with E-state index in [2.05, 4.69) is 25.2 Å². The minimum absolute atomic E-state index is 0.134. The highest BCUT2D eigenvalue weighted by molar-refractivity contribution is 5.76. The molecule has 0 aliphatic carbocycles. The molecule has 1 aromatic carbocycles. The zero-order chi connectivity index (χ0) is 14.3. The average Bonchev–Trinajstić information content (AvgIpc) is 2.36. The number of benzene rings is 1. The van der Waals surface area contributed by atoms with Gasteiger partial charge in [-0.05, 0) is 43.9 Å². The Morgan fingerprint density at radius 3 is 2.74 bits per heavy atom. The molecule has 1 atom stereocenters. The minimum Gasteiger partial charge on any atom is -0.496 e. The van der Waals surface area contributed by atoms with E-state index in [9.17, 15) is 4.79 Å². The maximum absolute atomic E-state index is 11.8. The van der Waals surface area contributed by atoms with E-state index in [0.717, 1.165) is 30.6 Å². The number of hydrogen-bond donors (Lipinski definition) is 1. The topological polar surface area (TPSA) is 38.3 Å². The maximum Gasteiger partial charge on any atom is 0.220 e. The third-order valence-electron chi connectivity index (χ3n) is 3.23. The molecule has 19 heavy (non-hydrogen) atoms. The summed E-state index contributed by atoms with van der Waals surface area (Å²) in [6.07, 6.45) is 3.45. The molecule has 1 unspecified atom stereocenters. The van der Waals surface area contributed by atoms with Crippen LogP contribution in [0.25, 0.3) is 0 Å². The van der Waals surface area contributed by atoms with Crippen LogP contribution < -0.4 is 10.1 Å². The molecule has 1 rings (SSSR count). The second kappa shape index (κ2) is 7.82. The summed E-state index contributed by atoms with van der Waals surface area (Å²) in [6.45, 7) is 6.20. The van der Waals surface area contributed by atoms with Crippen LogP contribution in [0.3, 0.4) is 0 Å². The average molecular weight is 263 g/mol. The van der Waals surface area contributed by atoms with Crippen molar-refractivity contribution in [2.24, 2.45) is 0 Å². The Morgan fingerprint density at radius 2 is 2.16 bits per heavy atom. The van der Waals surface area contributed by atoms with Crippen molar-refractivity contribution in [1.82, 2.24) is 5.32 Å². The Bertz CT molecular complexity index is 415. The van der Waals surface area contributed by atoms with Crippen molar-refractivity contribution in [1.29, 1.82) is 0 Å². The lowest BCUT2D eigenvalue weighted by Gasteiger charge is -2.13. The quantitative estimate of drug-likeness (QED) is 0.820. The Kier molecular flexibility index (Phi) is 6.40. The van der Waals surface area contributed by atoms with Gasteiger partial charge >= 0.3 is 0 Å². The molecule has 106 valence electrons. The fraction of sp³-hybridized carbons (Fsp3) is 0.562. The molecule has 0 fully saturated rings. The number of carbonyl (C=O) groups is 1. The molecule has 0 heterocycles. The SMILES string of the molecule is CCCC(C)NC(=O)CCc1ccc(OC)c(C)c1. The highest BCUT2D eigenvalue weighted by atomic mass is 16.5. The van der Waals surface area contributed by atoms with Gasteiger partial charge < -0.3 is 10.1 Å². The van der Waals surface area contributed by atoms with Crippen LogP contribution >= 0.6 is 0 Å². The van der Waals surface area contributed by atoms with Crippen LogP contribution in [0.2, 0.25) is 0 Å². The Labute approximate surface area is 116 Å². The Balaban J connectivity index is 2.44. The largest absolute Gasteiger partial charge is 0.496 e. The fourth-order valence-electron chi connectivity index (χ4n) is 2.21. The van der Waals surface area contributed by atoms with E-state index < -0.39 is 0 Å². The van der Waals surface area contributed by atoms with Gasteiger partial charge in [-0.25, -0.2) is 0 Å². The molecular weight excluding hydrogens is 238 g/mol. The molecule has 3 nitrogen and oxygen atoms in total. The van der Waals surface area contributed by atoms with Crippen molar-refractivity contribution in [2.75, 3.05) is 7.11 Å². The molecule has 1 N–H and O–H groups in total. The molecule has 0 radical (unpaired) electrons. The number of amides is 1. The van der Waals surface area contributed by atoms with E-state index in [-0.39, 0.29) is 11.9 Å². The number of aryl methyl sites for hydroxylation is 2. The van der Waals surface area contributed by atoms with Crippen LogP contribution in [0.15, 0.2) is 18.2 Å². The number of hydrogen-bond acceptors (Lipinski definition) is 2. The lowest BCUT2D eigenvalue weighted by molar-refractivity contribution is -0.121. The standard InChI is InChI=1S/C16H25NO2/c1-5-6-13(3)17-16(18)10-8-14-7-9-15(19-4)12(2)11-14/h7,9,11,13H,5-6,8,10H2,1-4H3,(H,17,18). The van der Waals surface area contributed by atoms with Gasteiger partial charge in [-0.3, -0.25) is 4.79 Å². The first-order valence-corrected chi connectivity index (χ1v) is 6.99. The van der Waals surface area contributed by atoms with Gasteiger partial charge in [0.1, 0.15) is 5.75 Å². The molecule has 0 aliphatic heterocycles. The van der Waals surface area contributed by atoms with Crippen molar-refractivity contribution >= 4 is 5.91 Å². The molecule has 0 bridgehead atoms. The van der Waals surface area contributed by atoms with Crippen molar-refractivity contribution in [2.45, 2.75) is 52.5 Å². The van der Waals surface area contributed by atoms with E-state index in [0.29, 0.717) is 6.42 Å². The Hall–Kier alpha value is -1.51. The molecule has 3 heteroatoms. The van der Waals surface area contributed by atoms with E-state index in [1.54, 1.807) is 7.11 Å². The van der Waals surface area contributed by atoms with E-state index >= 15 is 0 Å². The summed E-state index contributed by atoms with van der Waals surface area (Å²) in [6, 6.07) is 6.34. The smallest absolute Gasteiger partial charge is 0.220 e. The first-order chi connectivity index (χ1) is 9.06. The summed E-state index contributed by atoms with van der Waals surface area (Å²) in [5, 5.41) is 3.02. The van der Waals surface area contributed by atoms with Gasteiger partial charge in [0.2, 0.25) is 5.91 Å². The molecule has 0 aromatic heterocycles. The van der Waals surface area contributed by atoms with E-state index in [4.69, 9.17) is 4.74 Å². The number of carbonyl (C=O) groups excluding carboxylic acids is 1. The lowest BCUT2D eigenvalue weighted by Crippen LogP contribution is -2.32. The van der Waals surface area contributed by atoms with Gasteiger partial charge in [0.25, 0.3) is 0 Å². The van der Waals surface area contributed by atoms with E-state index in [1.807, 2.05) is 19.1 Å². The summed E-state index contributed by atoms with van der Waals surface area (Å²) in [4.78, 5) is 11.8. The van der Waals surface area contributed by atoms with Crippen LogP contribution in [-0.2, 0) is 11.2 Å². The molecule has 0 saturated carbocycles. The predicted octanol–water partition coefficient (Wildman–Crippen LogP) is 3.24. The van der Waals surface area contributed by atoms with Crippen LogP contribution in [-0.4, -0.2) is 19.1 Å². The lowest BCUT2D eigenvalue weighted by atomic mass is 10.1.